The molecule has 4 nitrogen and oxygen atoms in total. The zero-order chi connectivity index (χ0) is 14.0. The first-order valence-corrected chi connectivity index (χ1v) is 9.01. The lowest BCUT2D eigenvalue weighted by molar-refractivity contribution is 0.157. The van der Waals surface area contributed by atoms with E-state index in [4.69, 9.17) is 10.5 Å². The van der Waals surface area contributed by atoms with Gasteiger partial charge in [-0.25, -0.2) is 8.42 Å². The highest BCUT2D eigenvalue weighted by atomic mass is 79.9. The molecule has 2 unspecified atom stereocenters. The molecule has 2 N–H and O–H groups in total. The van der Waals surface area contributed by atoms with Crippen LogP contribution in [0.4, 0.5) is 5.69 Å². The Kier molecular flexibility index (Phi) is 4.40. The fourth-order valence-corrected chi connectivity index (χ4v) is 3.94. The van der Waals surface area contributed by atoms with Crippen molar-refractivity contribution in [2.45, 2.75) is 37.0 Å². The van der Waals surface area contributed by atoms with Crippen molar-refractivity contribution in [3.63, 3.8) is 0 Å². The van der Waals surface area contributed by atoms with Crippen LogP contribution in [0.5, 0.6) is 5.75 Å². The third kappa shape index (κ3) is 3.86. The molecule has 0 spiro atoms. The second-order valence-corrected chi connectivity index (χ2v) is 8.28. The zero-order valence-corrected chi connectivity index (χ0v) is 13.2. The van der Waals surface area contributed by atoms with Crippen LogP contribution in [0.1, 0.15) is 25.7 Å². The van der Waals surface area contributed by atoms with E-state index >= 15 is 0 Å². The maximum absolute atomic E-state index is 11.6. The van der Waals surface area contributed by atoms with Crippen molar-refractivity contribution >= 4 is 31.5 Å². The first-order chi connectivity index (χ1) is 8.86. The Balaban J connectivity index is 2.07. The largest absolute Gasteiger partial charge is 0.488 e. The molecule has 0 radical (unpaired) electrons. The number of rotatable bonds is 3. The van der Waals surface area contributed by atoms with E-state index in [1.807, 2.05) is 12.1 Å². The molecule has 0 aliphatic heterocycles. The number of hydrogen-bond donors (Lipinski definition) is 1. The summed E-state index contributed by atoms with van der Waals surface area (Å²) in [4.78, 5) is 0. The third-order valence-corrected chi connectivity index (χ3v) is 5.58. The van der Waals surface area contributed by atoms with Crippen LogP contribution in [0.25, 0.3) is 0 Å². The maximum Gasteiger partial charge on any atom is 0.150 e. The standard InChI is InChI=1S/C13H18BrNO3S/c1-19(16,17)11-4-2-3-10(8-11)18-13-6-5-9(14)7-12(13)15/h5-7,10-11H,2-4,8,15H2,1H3. The average molecular weight is 348 g/mol. The van der Waals surface area contributed by atoms with Crippen molar-refractivity contribution in [3.05, 3.63) is 22.7 Å². The molecule has 0 saturated heterocycles. The highest BCUT2D eigenvalue weighted by Crippen LogP contribution is 2.31. The summed E-state index contributed by atoms with van der Waals surface area (Å²) in [6.45, 7) is 0. The van der Waals surface area contributed by atoms with Crippen molar-refractivity contribution in [1.82, 2.24) is 0 Å². The Morgan fingerprint density at radius 3 is 2.74 bits per heavy atom. The van der Waals surface area contributed by atoms with Gasteiger partial charge in [-0.1, -0.05) is 15.9 Å². The van der Waals surface area contributed by atoms with Gasteiger partial charge in [0.15, 0.2) is 0 Å². The van der Waals surface area contributed by atoms with Gasteiger partial charge in [0, 0.05) is 17.1 Å². The molecule has 2 rings (SSSR count). The van der Waals surface area contributed by atoms with Crippen LogP contribution in [0.15, 0.2) is 22.7 Å². The molecule has 1 aliphatic carbocycles. The Labute approximate surface area is 122 Å². The van der Waals surface area contributed by atoms with Crippen molar-refractivity contribution in [2.75, 3.05) is 12.0 Å². The monoisotopic (exact) mass is 347 g/mol. The molecule has 1 aromatic rings. The first-order valence-electron chi connectivity index (χ1n) is 6.27. The third-order valence-electron chi connectivity index (χ3n) is 3.45. The van der Waals surface area contributed by atoms with Gasteiger partial charge in [0.1, 0.15) is 21.7 Å². The van der Waals surface area contributed by atoms with Gasteiger partial charge in [0.2, 0.25) is 0 Å². The summed E-state index contributed by atoms with van der Waals surface area (Å²) in [5.41, 5.74) is 6.45. The molecule has 0 amide bonds. The van der Waals surface area contributed by atoms with Crippen molar-refractivity contribution < 1.29 is 13.2 Å². The Bertz CT molecular complexity index is 559. The lowest BCUT2D eigenvalue weighted by Crippen LogP contribution is -2.33. The summed E-state index contributed by atoms with van der Waals surface area (Å²) in [6, 6.07) is 5.46. The van der Waals surface area contributed by atoms with Gasteiger partial charge in [-0.05, 0) is 37.5 Å². The molecule has 0 aromatic heterocycles. The van der Waals surface area contributed by atoms with Crippen molar-refractivity contribution in [1.29, 1.82) is 0 Å². The van der Waals surface area contributed by atoms with Crippen LogP contribution in [0, 0.1) is 0 Å². The number of benzene rings is 1. The van der Waals surface area contributed by atoms with Crippen LogP contribution >= 0.6 is 15.9 Å². The van der Waals surface area contributed by atoms with Crippen LogP contribution in [0.2, 0.25) is 0 Å². The summed E-state index contributed by atoms with van der Waals surface area (Å²) in [7, 11) is -2.99. The van der Waals surface area contributed by atoms with Crippen LogP contribution < -0.4 is 10.5 Å². The van der Waals surface area contributed by atoms with Gasteiger partial charge in [-0.3, -0.25) is 0 Å². The molecule has 106 valence electrons. The van der Waals surface area contributed by atoms with E-state index in [1.165, 1.54) is 6.26 Å². The molecule has 6 heteroatoms. The van der Waals surface area contributed by atoms with Crippen LogP contribution in [0.3, 0.4) is 0 Å². The highest BCUT2D eigenvalue weighted by Gasteiger charge is 2.30. The second-order valence-electron chi connectivity index (χ2n) is 5.04. The van der Waals surface area contributed by atoms with Crippen molar-refractivity contribution in [3.8, 4) is 5.75 Å². The molecule has 0 heterocycles. The minimum absolute atomic E-state index is 0.0723. The predicted molar refractivity (Wildman–Crippen MR) is 80.1 cm³/mol. The first kappa shape index (κ1) is 14.7. The van der Waals surface area contributed by atoms with Crippen molar-refractivity contribution in [2.24, 2.45) is 0 Å². The van der Waals surface area contributed by atoms with Gasteiger partial charge >= 0.3 is 0 Å². The number of ether oxygens (including phenoxy) is 1. The topological polar surface area (TPSA) is 69.4 Å². The van der Waals surface area contributed by atoms with Gasteiger partial charge in [0.05, 0.1) is 10.9 Å². The number of sulfone groups is 1. The van der Waals surface area contributed by atoms with E-state index in [0.29, 0.717) is 17.9 Å². The van der Waals surface area contributed by atoms with Crippen LogP contribution in [-0.2, 0) is 9.84 Å². The highest BCUT2D eigenvalue weighted by molar-refractivity contribution is 9.10. The van der Waals surface area contributed by atoms with E-state index in [0.717, 1.165) is 23.7 Å². The van der Waals surface area contributed by atoms with Gasteiger partial charge < -0.3 is 10.5 Å². The lowest BCUT2D eigenvalue weighted by atomic mass is 9.97. The lowest BCUT2D eigenvalue weighted by Gasteiger charge is -2.28. The molecule has 0 bridgehead atoms. The van der Waals surface area contributed by atoms with Gasteiger partial charge in [-0.15, -0.1) is 0 Å². The van der Waals surface area contributed by atoms with E-state index in [9.17, 15) is 8.42 Å². The van der Waals surface area contributed by atoms with Gasteiger partial charge in [-0.2, -0.15) is 0 Å². The van der Waals surface area contributed by atoms with E-state index in [-0.39, 0.29) is 11.4 Å². The second kappa shape index (κ2) is 5.71. The molecule has 1 aromatic carbocycles. The summed E-state index contributed by atoms with van der Waals surface area (Å²) in [6.07, 6.45) is 4.26. The van der Waals surface area contributed by atoms with E-state index in [1.54, 1.807) is 6.07 Å². The van der Waals surface area contributed by atoms with Gasteiger partial charge in [0.25, 0.3) is 0 Å². The number of nitrogens with two attached hydrogens (primary N) is 1. The molecule has 1 aliphatic rings. The Morgan fingerprint density at radius 1 is 1.37 bits per heavy atom. The van der Waals surface area contributed by atoms with Crippen LogP contribution in [-0.4, -0.2) is 26.0 Å². The Morgan fingerprint density at radius 2 is 2.11 bits per heavy atom. The normalized spacial score (nSPS) is 24.1. The van der Waals surface area contributed by atoms with E-state index in [2.05, 4.69) is 15.9 Å². The summed E-state index contributed by atoms with van der Waals surface area (Å²) < 4.78 is 30.0. The number of nitrogen functional groups attached to an aromatic ring is 1. The molecular weight excluding hydrogens is 330 g/mol. The Hall–Kier alpha value is -0.750. The number of hydrogen-bond acceptors (Lipinski definition) is 4. The predicted octanol–water partition coefficient (Wildman–Crippen LogP) is 2.77. The summed E-state index contributed by atoms with van der Waals surface area (Å²) in [5, 5.41) is -0.289. The minimum Gasteiger partial charge on any atom is -0.488 e. The summed E-state index contributed by atoms with van der Waals surface area (Å²) in [5.74, 6) is 0.627. The minimum atomic E-state index is -2.99. The molecule has 1 saturated carbocycles. The summed E-state index contributed by atoms with van der Waals surface area (Å²) >= 11 is 3.34. The number of halogens is 1. The fraction of sp³-hybridized carbons (Fsp3) is 0.538. The quantitative estimate of drug-likeness (QED) is 0.853. The number of anilines is 1. The fourth-order valence-electron chi connectivity index (χ4n) is 2.40. The smallest absolute Gasteiger partial charge is 0.150 e. The molecule has 19 heavy (non-hydrogen) atoms. The zero-order valence-electron chi connectivity index (χ0n) is 10.8. The average Bonchev–Trinajstić information content (AvgIpc) is 2.32. The molecule has 2 atom stereocenters. The molecule has 1 fully saturated rings. The SMILES string of the molecule is CS(=O)(=O)C1CCCC(Oc2ccc(Br)cc2N)C1. The van der Waals surface area contributed by atoms with E-state index < -0.39 is 9.84 Å². The maximum atomic E-state index is 11.6. The molecular formula is C13H18BrNO3S.